The number of hydrogen-bond acceptors (Lipinski definition) is 2. The van der Waals surface area contributed by atoms with Crippen LogP contribution in [0.25, 0.3) is 0 Å². The highest BCUT2D eigenvalue weighted by molar-refractivity contribution is 5.85. The van der Waals surface area contributed by atoms with E-state index in [0.29, 0.717) is 5.92 Å². The Balaban J connectivity index is 2.61. The molecule has 0 saturated carbocycles. The van der Waals surface area contributed by atoms with E-state index >= 15 is 0 Å². The van der Waals surface area contributed by atoms with Gasteiger partial charge in [-0.15, -0.1) is 0 Å². The van der Waals surface area contributed by atoms with Gasteiger partial charge >= 0.3 is 5.97 Å². The van der Waals surface area contributed by atoms with Crippen LogP contribution in [0.5, 0.6) is 0 Å². The molecular weight excluding hydrogens is 218 g/mol. The van der Waals surface area contributed by atoms with Crippen molar-refractivity contribution >= 4 is 11.9 Å². The molecule has 0 bridgehead atoms. The Bertz CT molecular complexity index is 325. The average Bonchev–Trinajstić information content (AvgIpc) is 2.26. The molecule has 0 aromatic carbocycles. The number of hydrogen-bond donors (Lipinski definition) is 2. The van der Waals surface area contributed by atoms with E-state index in [0.717, 1.165) is 25.7 Å². The van der Waals surface area contributed by atoms with Crippen molar-refractivity contribution in [2.45, 2.75) is 39.5 Å². The molecule has 1 aliphatic rings. The van der Waals surface area contributed by atoms with Crippen molar-refractivity contribution < 1.29 is 14.7 Å². The summed E-state index contributed by atoms with van der Waals surface area (Å²) in [6, 6.07) is 0. The summed E-state index contributed by atoms with van der Waals surface area (Å²) in [5, 5.41) is 11.1. The van der Waals surface area contributed by atoms with Crippen LogP contribution in [0.1, 0.15) is 39.5 Å². The third-order valence-corrected chi connectivity index (χ3v) is 3.43. The summed E-state index contributed by atoms with van der Waals surface area (Å²) < 4.78 is 0. The van der Waals surface area contributed by atoms with E-state index in [9.17, 15) is 9.59 Å². The van der Waals surface area contributed by atoms with Gasteiger partial charge in [-0.1, -0.05) is 26.0 Å². The normalized spacial score (nSPS) is 31.1. The van der Waals surface area contributed by atoms with Gasteiger partial charge in [0.2, 0.25) is 5.91 Å². The van der Waals surface area contributed by atoms with Crippen LogP contribution >= 0.6 is 0 Å². The number of carbonyl (C=O) groups excluding carboxylic acids is 1. The van der Waals surface area contributed by atoms with Crippen molar-refractivity contribution in [1.29, 1.82) is 0 Å². The van der Waals surface area contributed by atoms with Gasteiger partial charge in [-0.25, -0.2) is 0 Å². The van der Waals surface area contributed by atoms with Crippen molar-refractivity contribution in [1.82, 2.24) is 5.32 Å². The lowest BCUT2D eigenvalue weighted by atomic mass is 9.77. The van der Waals surface area contributed by atoms with Crippen molar-refractivity contribution in [3.8, 4) is 0 Å². The molecule has 0 radical (unpaired) electrons. The first-order chi connectivity index (χ1) is 7.94. The van der Waals surface area contributed by atoms with Gasteiger partial charge in [-0.05, 0) is 31.6 Å². The predicted octanol–water partition coefficient (Wildman–Crippen LogP) is 1.96. The zero-order chi connectivity index (χ0) is 12.9. The van der Waals surface area contributed by atoms with Crippen LogP contribution < -0.4 is 5.32 Å². The second kappa shape index (κ2) is 5.84. The molecular formula is C13H21NO3. The Morgan fingerprint density at radius 2 is 2.18 bits per heavy atom. The molecule has 96 valence electrons. The minimum absolute atomic E-state index is 0.137. The van der Waals surface area contributed by atoms with Gasteiger partial charge < -0.3 is 10.4 Å². The summed E-state index contributed by atoms with van der Waals surface area (Å²) in [6.07, 6.45) is 7.74. The number of rotatable bonds is 3. The van der Waals surface area contributed by atoms with Crippen LogP contribution in [0.4, 0.5) is 0 Å². The fraction of sp³-hybridized carbons (Fsp3) is 0.692. The molecule has 0 aliphatic heterocycles. The van der Waals surface area contributed by atoms with E-state index in [-0.39, 0.29) is 12.5 Å². The van der Waals surface area contributed by atoms with Crippen molar-refractivity contribution in [3.05, 3.63) is 12.2 Å². The van der Waals surface area contributed by atoms with Crippen LogP contribution in [0.3, 0.4) is 0 Å². The van der Waals surface area contributed by atoms with Crippen molar-refractivity contribution in [2.24, 2.45) is 11.3 Å². The number of aliphatic carboxylic acids is 1. The largest absolute Gasteiger partial charge is 0.480 e. The van der Waals surface area contributed by atoms with Crippen LogP contribution in [0, 0.1) is 11.3 Å². The Labute approximate surface area is 102 Å². The number of carboxylic acids is 1. The maximum absolute atomic E-state index is 12.0. The van der Waals surface area contributed by atoms with E-state index in [1.54, 1.807) is 0 Å². The maximum atomic E-state index is 12.0. The molecule has 2 N–H and O–H groups in total. The monoisotopic (exact) mass is 239 g/mol. The molecule has 17 heavy (non-hydrogen) atoms. The topological polar surface area (TPSA) is 66.4 Å². The summed E-state index contributed by atoms with van der Waals surface area (Å²) in [5.41, 5.74) is -0.436. The standard InChI is InChI=1S/C13H21NO3/c1-10-5-3-4-7-13(2,8-6-10)12(17)14-9-11(15)16/h3,5,10H,4,6-9H2,1-2H3,(H,14,17)(H,15,16)/b5-3+. The van der Waals surface area contributed by atoms with Gasteiger partial charge in [0.05, 0.1) is 0 Å². The molecule has 1 aliphatic carbocycles. The van der Waals surface area contributed by atoms with E-state index in [2.05, 4.69) is 24.4 Å². The van der Waals surface area contributed by atoms with E-state index in [1.807, 2.05) is 6.92 Å². The number of carboxylic acid groups (broad SMARTS) is 1. The summed E-state index contributed by atoms with van der Waals surface area (Å²) in [4.78, 5) is 22.4. The van der Waals surface area contributed by atoms with Gasteiger partial charge in [0.15, 0.2) is 0 Å². The third-order valence-electron chi connectivity index (χ3n) is 3.43. The average molecular weight is 239 g/mol. The molecule has 1 amide bonds. The molecule has 0 aromatic heterocycles. The van der Waals surface area contributed by atoms with E-state index in [1.165, 1.54) is 0 Å². The fourth-order valence-corrected chi connectivity index (χ4v) is 2.09. The first kappa shape index (κ1) is 13.7. The van der Waals surface area contributed by atoms with Crippen molar-refractivity contribution in [2.75, 3.05) is 6.54 Å². The summed E-state index contributed by atoms with van der Waals surface area (Å²) >= 11 is 0. The highest BCUT2D eigenvalue weighted by Gasteiger charge is 2.33. The highest BCUT2D eigenvalue weighted by atomic mass is 16.4. The van der Waals surface area contributed by atoms with Crippen LogP contribution in [0.15, 0.2) is 12.2 Å². The fourth-order valence-electron chi connectivity index (χ4n) is 2.09. The van der Waals surface area contributed by atoms with Gasteiger partial charge in [-0.3, -0.25) is 9.59 Å². The van der Waals surface area contributed by atoms with Gasteiger partial charge in [-0.2, -0.15) is 0 Å². The van der Waals surface area contributed by atoms with E-state index < -0.39 is 11.4 Å². The SMILES string of the molecule is CC1/C=C/CCC(C)(C(=O)NCC(=O)O)CC1. The lowest BCUT2D eigenvalue weighted by molar-refractivity contribution is -0.140. The zero-order valence-electron chi connectivity index (χ0n) is 10.5. The number of amides is 1. The summed E-state index contributed by atoms with van der Waals surface area (Å²) in [7, 11) is 0. The highest BCUT2D eigenvalue weighted by Crippen LogP contribution is 2.33. The molecule has 0 heterocycles. The number of carbonyl (C=O) groups is 2. The van der Waals surface area contributed by atoms with Crippen LogP contribution in [-0.4, -0.2) is 23.5 Å². The minimum atomic E-state index is -0.999. The van der Waals surface area contributed by atoms with Crippen molar-refractivity contribution in [3.63, 3.8) is 0 Å². The molecule has 0 fully saturated rings. The Hall–Kier alpha value is -1.32. The number of allylic oxidation sites excluding steroid dienone is 2. The van der Waals surface area contributed by atoms with Crippen LogP contribution in [0.2, 0.25) is 0 Å². The Morgan fingerprint density at radius 1 is 1.47 bits per heavy atom. The second-order valence-corrected chi connectivity index (χ2v) is 5.12. The maximum Gasteiger partial charge on any atom is 0.322 e. The lowest BCUT2D eigenvalue weighted by Gasteiger charge is -2.30. The molecule has 0 saturated heterocycles. The molecule has 0 aromatic rings. The lowest BCUT2D eigenvalue weighted by Crippen LogP contribution is -2.41. The zero-order valence-corrected chi connectivity index (χ0v) is 10.5. The van der Waals surface area contributed by atoms with E-state index in [4.69, 9.17) is 5.11 Å². The molecule has 0 spiro atoms. The van der Waals surface area contributed by atoms with Gasteiger partial charge in [0.1, 0.15) is 6.54 Å². The Morgan fingerprint density at radius 3 is 2.82 bits per heavy atom. The summed E-state index contributed by atoms with van der Waals surface area (Å²) in [5.74, 6) is -0.648. The minimum Gasteiger partial charge on any atom is -0.480 e. The molecule has 1 rings (SSSR count). The molecule has 4 nitrogen and oxygen atoms in total. The molecule has 2 unspecified atom stereocenters. The first-order valence-electron chi connectivity index (χ1n) is 6.11. The van der Waals surface area contributed by atoms with Crippen LogP contribution in [-0.2, 0) is 9.59 Å². The third kappa shape index (κ3) is 4.21. The Kier molecular flexibility index (Phi) is 4.73. The smallest absolute Gasteiger partial charge is 0.322 e. The number of nitrogens with one attached hydrogen (secondary N) is 1. The summed E-state index contributed by atoms with van der Waals surface area (Å²) in [6.45, 7) is 3.77. The second-order valence-electron chi connectivity index (χ2n) is 5.12. The predicted molar refractivity (Wildman–Crippen MR) is 65.5 cm³/mol. The van der Waals surface area contributed by atoms with Gasteiger partial charge in [0.25, 0.3) is 0 Å². The quantitative estimate of drug-likeness (QED) is 0.740. The molecule has 2 atom stereocenters. The molecule has 4 heteroatoms. The first-order valence-corrected chi connectivity index (χ1v) is 6.11. The van der Waals surface area contributed by atoms with Gasteiger partial charge in [0, 0.05) is 5.41 Å².